The minimum absolute atomic E-state index is 0.421. The zero-order valence-corrected chi connectivity index (χ0v) is 21.8. The van der Waals surface area contributed by atoms with Gasteiger partial charge in [-0.1, -0.05) is 0 Å². The number of nitrogens with one attached hydrogen (secondary N) is 1. The monoisotopic (exact) mass is 506 g/mol. The van der Waals surface area contributed by atoms with Crippen LogP contribution in [0.25, 0.3) is 10.9 Å². The minimum atomic E-state index is -2.58. The number of carbonyl (C=O) groups excluding carboxylic acids is 2. The van der Waals surface area contributed by atoms with Crippen LogP contribution in [0.2, 0.25) is 13.3 Å². The van der Waals surface area contributed by atoms with Gasteiger partial charge in [0.1, 0.15) is 0 Å². The molecule has 1 heterocycles. The fourth-order valence-corrected chi connectivity index (χ4v) is 20.3. The second kappa shape index (κ2) is 11.2. The van der Waals surface area contributed by atoms with Crippen LogP contribution in [0.3, 0.4) is 0 Å². The van der Waals surface area contributed by atoms with Gasteiger partial charge in [0.05, 0.1) is 0 Å². The molecule has 1 aromatic heterocycles. The maximum atomic E-state index is 12.7. The van der Waals surface area contributed by atoms with E-state index in [2.05, 4.69) is 44.0 Å². The summed E-state index contributed by atoms with van der Waals surface area (Å²) in [6, 6.07) is 6.74. The SMILES string of the molecule is CCC[CH2][Sn]([CH2]CCC)([CH2]CCC)[c]1ccc2[nH]cc(C(=O)C(=O)N(C)C)c2c1. The molecule has 1 aromatic carbocycles. The number of carbonyl (C=O) groups is 2. The van der Waals surface area contributed by atoms with E-state index in [1.54, 1.807) is 20.3 Å². The number of rotatable bonds is 12. The second-order valence-electron chi connectivity index (χ2n) is 8.58. The van der Waals surface area contributed by atoms with Gasteiger partial charge in [0.2, 0.25) is 0 Å². The maximum absolute atomic E-state index is 12.7. The van der Waals surface area contributed by atoms with Crippen molar-refractivity contribution in [3.63, 3.8) is 0 Å². The molecule has 0 fully saturated rings. The molecule has 2 aromatic rings. The molecule has 0 radical (unpaired) electrons. The van der Waals surface area contributed by atoms with Gasteiger partial charge in [0.25, 0.3) is 0 Å². The summed E-state index contributed by atoms with van der Waals surface area (Å²) in [7, 11) is 3.25. The summed E-state index contributed by atoms with van der Waals surface area (Å²) in [6.45, 7) is 6.86. The van der Waals surface area contributed by atoms with Crippen molar-refractivity contribution in [2.75, 3.05) is 14.1 Å². The molecular formula is C24H38N2O2Sn. The first kappa shape index (κ1) is 24.0. The molecule has 0 aliphatic carbocycles. The number of unbranched alkanes of at least 4 members (excludes halogenated alkanes) is 3. The Bertz CT molecular complexity index is 804. The molecule has 0 spiro atoms. The Morgan fingerprint density at radius 3 is 1.97 bits per heavy atom. The van der Waals surface area contributed by atoms with E-state index in [-0.39, 0.29) is 0 Å². The number of ketones is 1. The van der Waals surface area contributed by atoms with Crippen LogP contribution in [0.5, 0.6) is 0 Å². The summed E-state index contributed by atoms with van der Waals surface area (Å²) >= 11 is -2.58. The fraction of sp³-hybridized carbons (Fsp3) is 0.583. The molecule has 160 valence electrons. The van der Waals surface area contributed by atoms with Gasteiger partial charge in [0.15, 0.2) is 0 Å². The Morgan fingerprint density at radius 1 is 0.931 bits per heavy atom. The fourth-order valence-electron chi connectivity index (χ4n) is 4.31. The zero-order valence-electron chi connectivity index (χ0n) is 18.9. The normalized spacial score (nSPS) is 11.8. The number of amides is 1. The molecule has 2 rings (SSSR count). The summed E-state index contributed by atoms with van der Waals surface area (Å²) < 4.78 is 5.70. The molecule has 0 aliphatic rings. The van der Waals surface area contributed by atoms with Crippen molar-refractivity contribution in [1.82, 2.24) is 9.88 Å². The topological polar surface area (TPSA) is 53.2 Å². The molecule has 4 nitrogen and oxygen atoms in total. The Labute approximate surface area is 180 Å². The number of hydrogen-bond donors (Lipinski definition) is 1. The Morgan fingerprint density at radius 2 is 1.48 bits per heavy atom. The van der Waals surface area contributed by atoms with E-state index >= 15 is 0 Å². The standard InChI is InChI=1S/C12H11N2O2.3C4H9.Sn/c1-14(2)12(16)11(15)9-7-13-10-6-4-3-5-8(9)10;3*1-3-4-2;/h4-7,13H,1-2H3;3*1,3-4H2,2H3;. The third-order valence-corrected chi connectivity index (χ3v) is 21.8. The molecule has 29 heavy (non-hydrogen) atoms. The van der Waals surface area contributed by atoms with Crippen LogP contribution >= 0.6 is 0 Å². The summed E-state index contributed by atoms with van der Waals surface area (Å²) in [5.41, 5.74) is 1.47. The van der Waals surface area contributed by atoms with Crippen molar-refractivity contribution >= 4 is 44.5 Å². The average Bonchev–Trinajstić information content (AvgIpc) is 3.15. The number of fused-ring (bicyclic) bond motifs is 1. The first-order chi connectivity index (χ1) is 13.9. The summed E-state index contributed by atoms with van der Waals surface area (Å²) in [4.78, 5) is 29.6. The number of aromatic nitrogens is 1. The molecule has 5 heteroatoms. The number of nitrogens with zero attached hydrogens (tertiary/aromatic N) is 1. The van der Waals surface area contributed by atoms with Crippen molar-refractivity contribution < 1.29 is 9.59 Å². The van der Waals surface area contributed by atoms with E-state index < -0.39 is 30.1 Å². The van der Waals surface area contributed by atoms with Crippen LogP contribution in [0.4, 0.5) is 0 Å². The molecular weight excluding hydrogens is 467 g/mol. The van der Waals surface area contributed by atoms with Crippen LogP contribution in [0.15, 0.2) is 24.4 Å². The molecule has 0 unspecified atom stereocenters. The van der Waals surface area contributed by atoms with Gasteiger partial charge in [-0.2, -0.15) is 0 Å². The molecule has 0 bridgehead atoms. The molecule has 0 saturated heterocycles. The molecule has 0 atom stereocenters. The average molecular weight is 505 g/mol. The number of Topliss-reactive ketones (excluding diaryl/α,β-unsaturated/α-hetero) is 1. The number of aromatic amines is 1. The van der Waals surface area contributed by atoms with Crippen molar-refractivity contribution in [2.45, 2.75) is 72.6 Å². The van der Waals surface area contributed by atoms with Crippen molar-refractivity contribution in [3.8, 4) is 0 Å². The quantitative estimate of drug-likeness (QED) is 0.236. The van der Waals surface area contributed by atoms with Crippen molar-refractivity contribution in [2.24, 2.45) is 0 Å². The molecule has 1 amide bonds. The van der Waals surface area contributed by atoms with Crippen LogP contribution in [-0.2, 0) is 4.79 Å². The van der Waals surface area contributed by atoms with E-state index in [4.69, 9.17) is 0 Å². The van der Waals surface area contributed by atoms with Crippen LogP contribution < -0.4 is 3.58 Å². The van der Waals surface area contributed by atoms with Gasteiger partial charge in [-0.05, 0) is 0 Å². The van der Waals surface area contributed by atoms with Crippen LogP contribution in [0, 0.1) is 0 Å². The molecule has 0 saturated carbocycles. The third kappa shape index (κ3) is 5.65. The first-order valence-electron chi connectivity index (χ1n) is 11.3. The number of likely N-dealkylation sites (N-methyl/N-ethyl adjacent to an activating group) is 1. The Balaban J connectivity index is 2.54. The second-order valence-corrected chi connectivity index (χ2v) is 21.8. The Kier molecular flexibility index (Phi) is 9.25. The van der Waals surface area contributed by atoms with Crippen molar-refractivity contribution in [1.29, 1.82) is 0 Å². The van der Waals surface area contributed by atoms with E-state index in [1.807, 2.05) is 0 Å². The van der Waals surface area contributed by atoms with Crippen LogP contribution in [-0.4, -0.2) is 54.0 Å². The van der Waals surface area contributed by atoms with Gasteiger partial charge in [-0.3, -0.25) is 0 Å². The van der Waals surface area contributed by atoms with Gasteiger partial charge in [0, 0.05) is 0 Å². The van der Waals surface area contributed by atoms with E-state index in [0.717, 1.165) is 10.9 Å². The van der Waals surface area contributed by atoms with Gasteiger partial charge in [-0.15, -0.1) is 0 Å². The van der Waals surface area contributed by atoms with Gasteiger partial charge in [-0.25, -0.2) is 0 Å². The predicted octanol–water partition coefficient (Wildman–Crippen LogP) is 5.49. The molecule has 0 aliphatic heterocycles. The van der Waals surface area contributed by atoms with E-state index in [9.17, 15) is 9.59 Å². The van der Waals surface area contributed by atoms with Gasteiger partial charge >= 0.3 is 181 Å². The number of hydrogen-bond acceptors (Lipinski definition) is 2. The predicted molar refractivity (Wildman–Crippen MR) is 126 cm³/mol. The van der Waals surface area contributed by atoms with E-state index in [1.165, 1.54) is 60.3 Å². The Hall–Kier alpha value is -1.30. The summed E-state index contributed by atoms with van der Waals surface area (Å²) in [5.74, 6) is -0.885. The number of H-pyrrole nitrogens is 1. The zero-order chi connectivity index (χ0) is 21.4. The first-order valence-corrected chi connectivity index (χ1v) is 18.8. The summed E-state index contributed by atoms with van der Waals surface area (Å²) in [5, 5.41) is 0.924. The van der Waals surface area contributed by atoms with Gasteiger partial charge < -0.3 is 0 Å². The molecule has 1 N–H and O–H groups in total. The van der Waals surface area contributed by atoms with E-state index in [0.29, 0.717) is 5.56 Å². The number of benzene rings is 1. The summed E-state index contributed by atoms with van der Waals surface area (Å²) in [6.07, 6.45) is 9.34. The third-order valence-electron chi connectivity index (χ3n) is 6.17. The van der Waals surface area contributed by atoms with Crippen molar-refractivity contribution in [3.05, 3.63) is 30.0 Å². The van der Waals surface area contributed by atoms with Crippen LogP contribution in [0.1, 0.15) is 69.7 Å².